The number of hydrogen-bond acceptors (Lipinski definition) is 3. The second-order valence-corrected chi connectivity index (χ2v) is 7.44. The summed E-state index contributed by atoms with van der Waals surface area (Å²) in [7, 11) is 0. The molecule has 0 spiro atoms. The summed E-state index contributed by atoms with van der Waals surface area (Å²) in [6.07, 6.45) is 3.61. The van der Waals surface area contributed by atoms with Crippen molar-refractivity contribution in [3.63, 3.8) is 0 Å². The van der Waals surface area contributed by atoms with Gasteiger partial charge in [0.1, 0.15) is 0 Å². The first kappa shape index (κ1) is 14.9. The van der Waals surface area contributed by atoms with Crippen LogP contribution in [-0.4, -0.2) is 29.5 Å². The highest BCUT2D eigenvalue weighted by Gasteiger charge is 2.32. The molecule has 0 saturated heterocycles. The van der Waals surface area contributed by atoms with Gasteiger partial charge in [0.25, 0.3) is 0 Å². The Labute approximate surface area is 131 Å². The van der Waals surface area contributed by atoms with Gasteiger partial charge in [-0.1, -0.05) is 37.6 Å². The van der Waals surface area contributed by atoms with Crippen molar-refractivity contribution in [3.05, 3.63) is 35.4 Å². The zero-order chi connectivity index (χ0) is 14.7. The number of thioether (sulfide) groups is 1. The van der Waals surface area contributed by atoms with Gasteiger partial charge in [0, 0.05) is 24.4 Å². The zero-order valence-corrected chi connectivity index (χ0v) is 13.4. The third kappa shape index (κ3) is 3.27. The lowest BCUT2D eigenvalue weighted by Crippen LogP contribution is -2.45. The van der Waals surface area contributed by atoms with Gasteiger partial charge < -0.3 is 10.6 Å². The maximum atomic E-state index is 12.7. The van der Waals surface area contributed by atoms with Crippen LogP contribution in [-0.2, 0) is 11.3 Å². The van der Waals surface area contributed by atoms with Gasteiger partial charge >= 0.3 is 0 Å². The van der Waals surface area contributed by atoms with Crippen LogP contribution < -0.4 is 10.6 Å². The average molecular weight is 304 g/mol. The van der Waals surface area contributed by atoms with Crippen LogP contribution in [0.25, 0.3) is 0 Å². The standard InChI is InChI=1S/C17H24N2OS/c1-2-21-16-9-5-8-15(16)19-17(20)14-11-18-10-12-6-3-4-7-13(12)14/h3-4,6-7,14-16,18H,2,5,8-11H2,1H3,(H,19,20). The Morgan fingerprint density at radius 3 is 3.10 bits per heavy atom. The van der Waals surface area contributed by atoms with Crippen molar-refractivity contribution in [2.75, 3.05) is 12.3 Å². The van der Waals surface area contributed by atoms with Crippen molar-refractivity contribution in [1.82, 2.24) is 10.6 Å². The Morgan fingerprint density at radius 1 is 1.38 bits per heavy atom. The highest BCUT2D eigenvalue weighted by molar-refractivity contribution is 7.99. The molecular formula is C17H24N2OS. The molecule has 4 heteroatoms. The summed E-state index contributed by atoms with van der Waals surface area (Å²) in [4.78, 5) is 12.7. The molecule has 1 saturated carbocycles. The van der Waals surface area contributed by atoms with Crippen LogP contribution in [0.2, 0.25) is 0 Å². The third-order valence-corrected chi connectivity index (χ3v) is 5.90. The maximum Gasteiger partial charge on any atom is 0.229 e. The van der Waals surface area contributed by atoms with Gasteiger partial charge in [-0.25, -0.2) is 0 Å². The lowest BCUT2D eigenvalue weighted by atomic mass is 9.90. The number of fused-ring (bicyclic) bond motifs is 1. The SMILES string of the molecule is CCSC1CCCC1NC(=O)C1CNCc2ccccc21. The van der Waals surface area contributed by atoms with E-state index >= 15 is 0 Å². The number of benzene rings is 1. The van der Waals surface area contributed by atoms with Crippen LogP contribution in [0.5, 0.6) is 0 Å². The van der Waals surface area contributed by atoms with E-state index in [-0.39, 0.29) is 11.8 Å². The van der Waals surface area contributed by atoms with E-state index in [1.54, 1.807) is 0 Å². The smallest absolute Gasteiger partial charge is 0.229 e. The molecule has 0 bridgehead atoms. The summed E-state index contributed by atoms with van der Waals surface area (Å²) in [6, 6.07) is 8.67. The topological polar surface area (TPSA) is 41.1 Å². The first-order chi connectivity index (χ1) is 10.3. The molecule has 114 valence electrons. The average Bonchev–Trinajstić information content (AvgIpc) is 2.94. The van der Waals surface area contributed by atoms with Crippen LogP contribution in [0.1, 0.15) is 43.2 Å². The Hall–Kier alpha value is -1.00. The van der Waals surface area contributed by atoms with Crippen LogP contribution >= 0.6 is 11.8 Å². The minimum Gasteiger partial charge on any atom is -0.352 e. The molecular weight excluding hydrogens is 280 g/mol. The Bertz CT molecular complexity index is 505. The molecule has 1 aromatic rings. The van der Waals surface area contributed by atoms with Gasteiger partial charge in [-0.3, -0.25) is 4.79 Å². The summed E-state index contributed by atoms with van der Waals surface area (Å²) < 4.78 is 0. The molecule has 3 atom stereocenters. The van der Waals surface area contributed by atoms with Gasteiger partial charge in [0.05, 0.1) is 5.92 Å². The molecule has 3 nitrogen and oxygen atoms in total. The van der Waals surface area contributed by atoms with Gasteiger partial charge in [-0.05, 0) is 29.7 Å². The first-order valence-corrected chi connectivity index (χ1v) is 9.05. The molecule has 21 heavy (non-hydrogen) atoms. The lowest BCUT2D eigenvalue weighted by molar-refractivity contribution is -0.123. The molecule has 1 amide bonds. The molecule has 2 aliphatic rings. The van der Waals surface area contributed by atoms with E-state index in [4.69, 9.17) is 0 Å². The summed E-state index contributed by atoms with van der Waals surface area (Å²) in [5, 5.41) is 7.29. The summed E-state index contributed by atoms with van der Waals surface area (Å²) >= 11 is 1.99. The molecule has 0 radical (unpaired) electrons. The molecule has 1 aliphatic heterocycles. The number of carbonyl (C=O) groups excluding carboxylic acids is 1. The highest BCUT2D eigenvalue weighted by Crippen LogP contribution is 2.31. The van der Waals surface area contributed by atoms with E-state index in [2.05, 4.69) is 29.7 Å². The predicted octanol–water partition coefficient (Wildman–Crippen LogP) is 2.66. The van der Waals surface area contributed by atoms with Crippen molar-refractivity contribution in [2.45, 2.75) is 49.9 Å². The first-order valence-electron chi connectivity index (χ1n) is 8.00. The fourth-order valence-electron chi connectivity index (χ4n) is 3.52. The quantitative estimate of drug-likeness (QED) is 0.898. The largest absolute Gasteiger partial charge is 0.352 e. The number of nitrogens with one attached hydrogen (secondary N) is 2. The minimum atomic E-state index is -0.0390. The Balaban J connectivity index is 1.69. The molecule has 2 N–H and O–H groups in total. The van der Waals surface area contributed by atoms with E-state index in [0.29, 0.717) is 11.3 Å². The van der Waals surface area contributed by atoms with E-state index in [1.165, 1.54) is 24.0 Å². The Kier molecular flexibility index (Phi) is 4.86. The predicted molar refractivity (Wildman–Crippen MR) is 88.6 cm³/mol. The maximum absolute atomic E-state index is 12.7. The summed E-state index contributed by atoms with van der Waals surface area (Å²) in [5.41, 5.74) is 2.46. The summed E-state index contributed by atoms with van der Waals surface area (Å²) in [6.45, 7) is 3.82. The molecule has 3 unspecified atom stereocenters. The molecule has 1 fully saturated rings. The van der Waals surface area contributed by atoms with Crippen LogP contribution in [0, 0.1) is 0 Å². The van der Waals surface area contributed by atoms with E-state index in [1.807, 2.05) is 23.9 Å². The van der Waals surface area contributed by atoms with Gasteiger partial charge in [0.2, 0.25) is 5.91 Å². The third-order valence-electron chi connectivity index (χ3n) is 4.57. The molecule has 0 aromatic heterocycles. The van der Waals surface area contributed by atoms with Crippen LogP contribution in [0.15, 0.2) is 24.3 Å². The highest BCUT2D eigenvalue weighted by atomic mass is 32.2. The Morgan fingerprint density at radius 2 is 2.24 bits per heavy atom. The fraction of sp³-hybridized carbons (Fsp3) is 0.588. The normalized spacial score (nSPS) is 28.1. The second-order valence-electron chi connectivity index (χ2n) is 5.92. The molecule has 3 rings (SSSR count). The molecule has 1 aromatic carbocycles. The van der Waals surface area contributed by atoms with Crippen molar-refractivity contribution in [1.29, 1.82) is 0 Å². The number of carbonyl (C=O) groups is 1. The van der Waals surface area contributed by atoms with Gasteiger partial charge in [-0.15, -0.1) is 0 Å². The second kappa shape index (κ2) is 6.84. The van der Waals surface area contributed by atoms with Crippen LogP contribution in [0.4, 0.5) is 0 Å². The lowest BCUT2D eigenvalue weighted by Gasteiger charge is -2.28. The molecule has 1 heterocycles. The van der Waals surface area contributed by atoms with Crippen LogP contribution in [0.3, 0.4) is 0 Å². The number of rotatable bonds is 4. The van der Waals surface area contributed by atoms with Gasteiger partial charge in [-0.2, -0.15) is 11.8 Å². The number of amides is 1. The minimum absolute atomic E-state index is 0.0390. The van der Waals surface area contributed by atoms with Crippen molar-refractivity contribution >= 4 is 17.7 Å². The summed E-state index contributed by atoms with van der Waals surface area (Å²) in [5.74, 6) is 1.29. The van der Waals surface area contributed by atoms with Crippen molar-refractivity contribution in [3.8, 4) is 0 Å². The molecule has 1 aliphatic carbocycles. The van der Waals surface area contributed by atoms with E-state index in [9.17, 15) is 4.79 Å². The van der Waals surface area contributed by atoms with Gasteiger partial charge in [0.15, 0.2) is 0 Å². The van der Waals surface area contributed by atoms with Crippen molar-refractivity contribution < 1.29 is 4.79 Å². The fourth-order valence-corrected chi connectivity index (χ4v) is 4.72. The zero-order valence-electron chi connectivity index (χ0n) is 12.6. The van der Waals surface area contributed by atoms with E-state index < -0.39 is 0 Å². The monoisotopic (exact) mass is 304 g/mol. The van der Waals surface area contributed by atoms with E-state index in [0.717, 1.165) is 25.3 Å². The number of hydrogen-bond donors (Lipinski definition) is 2. The van der Waals surface area contributed by atoms with Crippen molar-refractivity contribution in [2.24, 2.45) is 0 Å².